The summed E-state index contributed by atoms with van der Waals surface area (Å²) in [6.45, 7) is 1.83. The average Bonchev–Trinajstić information content (AvgIpc) is 2.69. The van der Waals surface area contributed by atoms with Crippen LogP contribution in [0.2, 0.25) is 0 Å². The van der Waals surface area contributed by atoms with Gasteiger partial charge in [-0.25, -0.2) is 13.2 Å². The van der Waals surface area contributed by atoms with E-state index in [1.54, 1.807) is 30.3 Å². The number of rotatable bonds is 3. The molecule has 0 radical (unpaired) electrons. The van der Waals surface area contributed by atoms with E-state index in [0.29, 0.717) is 5.56 Å². The summed E-state index contributed by atoms with van der Waals surface area (Å²) in [6, 6.07) is 8.37. The highest BCUT2D eigenvalue weighted by molar-refractivity contribution is 5.73. The van der Waals surface area contributed by atoms with Crippen molar-refractivity contribution in [3.63, 3.8) is 0 Å². The van der Waals surface area contributed by atoms with Gasteiger partial charge < -0.3 is 9.64 Å². The van der Waals surface area contributed by atoms with Gasteiger partial charge in [0, 0.05) is 32.9 Å². The Morgan fingerprint density at radius 2 is 1.37 bits per heavy atom. The van der Waals surface area contributed by atoms with Crippen LogP contribution in [-0.2, 0) is 10.4 Å². The van der Waals surface area contributed by atoms with Gasteiger partial charge in [0.1, 0.15) is 5.60 Å². The van der Waals surface area contributed by atoms with Crippen LogP contribution in [0, 0.1) is 29.1 Å². The van der Waals surface area contributed by atoms with Gasteiger partial charge in [-0.1, -0.05) is 30.3 Å². The van der Waals surface area contributed by atoms with E-state index in [9.17, 15) is 26.7 Å². The summed E-state index contributed by atoms with van der Waals surface area (Å²) in [5, 5.41) is 0. The molecule has 1 aliphatic heterocycles. The monoisotopic (exact) mass is 385 g/mol. The van der Waals surface area contributed by atoms with Crippen LogP contribution in [0.25, 0.3) is 0 Å². The van der Waals surface area contributed by atoms with Crippen molar-refractivity contribution >= 4 is 5.91 Å². The molecule has 1 fully saturated rings. The van der Waals surface area contributed by atoms with Gasteiger partial charge in [-0.2, -0.15) is 8.78 Å². The predicted molar refractivity (Wildman–Crippen MR) is 86.5 cm³/mol. The van der Waals surface area contributed by atoms with Crippen molar-refractivity contribution in [3.05, 3.63) is 65.0 Å². The summed E-state index contributed by atoms with van der Waals surface area (Å²) in [5.74, 6) is -11.9. The van der Waals surface area contributed by atoms with Gasteiger partial charge in [0.15, 0.2) is 5.75 Å². The number of ether oxygens (including phenoxy) is 1. The van der Waals surface area contributed by atoms with Gasteiger partial charge in [-0.05, 0) is 5.56 Å². The highest BCUT2D eigenvalue weighted by Crippen LogP contribution is 2.41. The van der Waals surface area contributed by atoms with Gasteiger partial charge >= 0.3 is 0 Å². The Balaban J connectivity index is 2.06. The van der Waals surface area contributed by atoms with Crippen molar-refractivity contribution in [1.82, 2.24) is 4.90 Å². The third kappa shape index (κ3) is 3.36. The molecule has 0 aromatic heterocycles. The van der Waals surface area contributed by atoms with E-state index < -0.39 is 40.4 Å². The van der Waals surface area contributed by atoms with Gasteiger partial charge in [-0.15, -0.1) is 0 Å². The zero-order chi connectivity index (χ0) is 19.8. The van der Waals surface area contributed by atoms with Crippen molar-refractivity contribution in [2.24, 2.45) is 0 Å². The molecule has 0 bridgehead atoms. The topological polar surface area (TPSA) is 29.5 Å². The number of amides is 1. The molecule has 0 unspecified atom stereocenters. The smallest absolute Gasteiger partial charge is 0.219 e. The molecule has 144 valence electrons. The molecule has 0 spiro atoms. The number of piperidine rings is 1. The van der Waals surface area contributed by atoms with Crippen LogP contribution in [0.3, 0.4) is 0 Å². The van der Waals surface area contributed by atoms with E-state index in [0.717, 1.165) is 0 Å². The molecule has 2 aromatic carbocycles. The normalized spacial score (nSPS) is 16.3. The maximum Gasteiger partial charge on any atom is 0.219 e. The van der Waals surface area contributed by atoms with E-state index in [1.165, 1.54) is 11.8 Å². The van der Waals surface area contributed by atoms with E-state index >= 15 is 0 Å². The zero-order valence-corrected chi connectivity index (χ0v) is 14.4. The number of hydrogen-bond acceptors (Lipinski definition) is 2. The molecule has 1 saturated heterocycles. The van der Waals surface area contributed by atoms with Gasteiger partial charge in [-0.3, -0.25) is 4.79 Å². The van der Waals surface area contributed by atoms with Crippen LogP contribution in [0.15, 0.2) is 30.3 Å². The Morgan fingerprint density at radius 1 is 0.889 bits per heavy atom. The zero-order valence-electron chi connectivity index (χ0n) is 14.4. The Bertz CT molecular complexity index is 835. The molecule has 0 atom stereocenters. The summed E-state index contributed by atoms with van der Waals surface area (Å²) < 4.78 is 74.2. The first-order valence-electron chi connectivity index (χ1n) is 8.28. The molecular formula is C19H16F5NO2. The highest BCUT2D eigenvalue weighted by atomic mass is 19.2. The predicted octanol–water partition coefficient (Wildman–Crippen LogP) is 4.30. The quantitative estimate of drug-likeness (QED) is 0.448. The molecule has 3 nitrogen and oxygen atoms in total. The first-order chi connectivity index (χ1) is 12.8. The third-order valence-electron chi connectivity index (χ3n) is 4.78. The van der Waals surface area contributed by atoms with Crippen LogP contribution in [0.4, 0.5) is 22.0 Å². The molecule has 0 aliphatic carbocycles. The number of likely N-dealkylation sites (tertiary alicyclic amines) is 1. The summed E-state index contributed by atoms with van der Waals surface area (Å²) in [4.78, 5) is 13.1. The molecule has 8 heteroatoms. The number of halogens is 5. The lowest BCUT2D eigenvalue weighted by molar-refractivity contribution is -0.132. The highest BCUT2D eigenvalue weighted by Gasteiger charge is 2.41. The van der Waals surface area contributed by atoms with Crippen molar-refractivity contribution in [2.75, 3.05) is 13.1 Å². The Kier molecular flexibility index (Phi) is 5.08. The second kappa shape index (κ2) is 7.17. The minimum Gasteiger partial charge on any atom is -0.476 e. The molecule has 27 heavy (non-hydrogen) atoms. The lowest BCUT2D eigenvalue weighted by Crippen LogP contribution is -2.47. The van der Waals surface area contributed by atoms with Crippen molar-refractivity contribution in [2.45, 2.75) is 25.4 Å². The number of benzene rings is 2. The molecule has 1 amide bonds. The van der Waals surface area contributed by atoms with E-state index in [1.807, 2.05) is 0 Å². The molecule has 1 aliphatic rings. The summed E-state index contributed by atoms with van der Waals surface area (Å²) in [7, 11) is 0. The SMILES string of the molecule is CC(=O)N1CCC(Oc2c(F)c(F)c(F)c(F)c2F)(c2ccccc2)CC1. The van der Waals surface area contributed by atoms with Crippen molar-refractivity contribution < 1.29 is 31.5 Å². The van der Waals surface area contributed by atoms with E-state index in [2.05, 4.69) is 0 Å². The van der Waals surface area contributed by atoms with Crippen LogP contribution in [0.5, 0.6) is 5.75 Å². The first-order valence-corrected chi connectivity index (χ1v) is 8.28. The lowest BCUT2D eigenvalue weighted by Gasteiger charge is -2.42. The Morgan fingerprint density at radius 3 is 1.85 bits per heavy atom. The molecule has 1 heterocycles. The lowest BCUT2D eigenvalue weighted by atomic mass is 9.84. The number of carbonyl (C=O) groups excluding carboxylic acids is 1. The Labute approximate surface area is 152 Å². The number of hydrogen-bond donors (Lipinski definition) is 0. The summed E-state index contributed by atoms with van der Waals surface area (Å²) >= 11 is 0. The van der Waals surface area contributed by atoms with Crippen LogP contribution >= 0.6 is 0 Å². The summed E-state index contributed by atoms with van der Waals surface area (Å²) in [5.41, 5.74) is -0.803. The van der Waals surface area contributed by atoms with Gasteiger partial charge in [0.2, 0.25) is 35.0 Å². The second-order valence-electron chi connectivity index (χ2n) is 6.37. The fourth-order valence-electron chi connectivity index (χ4n) is 3.24. The molecule has 0 saturated carbocycles. The molecule has 2 aromatic rings. The number of carbonyl (C=O) groups is 1. The minimum atomic E-state index is -2.24. The largest absolute Gasteiger partial charge is 0.476 e. The van der Waals surface area contributed by atoms with Crippen LogP contribution in [-0.4, -0.2) is 23.9 Å². The summed E-state index contributed by atoms with van der Waals surface area (Å²) in [6.07, 6.45) is 0.270. The minimum absolute atomic E-state index is 0.135. The van der Waals surface area contributed by atoms with E-state index in [4.69, 9.17) is 4.74 Å². The maximum atomic E-state index is 14.1. The molecule has 3 rings (SSSR count). The van der Waals surface area contributed by atoms with Gasteiger partial charge in [0.25, 0.3) is 0 Å². The maximum absolute atomic E-state index is 14.1. The van der Waals surface area contributed by atoms with E-state index in [-0.39, 0.29) is 31.8 Å². The third-order valence-corrected chi connectivity index (χ3v) is 4.78. The van der Waals surface area contributed by atoms with Crippen LogP contribution < -0.4 is 4.74 Å². The number of nitrogens with zero attached hydrogens (tertiary/aromatic N) is 1. The standard InChI is InChI=1S/C19H16F5NO2/c1-11(26)25-9-7-19(8-10-25,12-5-3-2-4-6-12)27-18-16(23)14(21)13(20)15(22)17(18)24/h2-6H,7-10H2,1H3. The fourth-order valence-corrected chi connectivity index (χ4v) is 3.24. The van der Waals surface area contributed by atoms with Crippen molar-refractivity contribution in [3.8, 4) is 5.75 Å². The van der Waals surface area contributed by atoms with Gasteiger partial charge in [0.05, 0.1) is 0 Å². The van der Waals surface area contributed by atoms with Crippen LogP contribution in [0.1, 0.15) is 25.3 Å². The second-order valence-corrected chi connectivity index (χ2v) is 6.37. The molecule has 0 N–H and O–H groups in total. The Hall–Kier alpha value is -2.64. The fraction of sp³-hybridized carbons (Fsp3) is 0.316. The first kappa shape index (κ1) is 19.1. The average molecular weight is 385 g/mol. The molecular weight excluding hydrogens is 369 g/mol. The van der Waals surface area contributed by atoms with Crippen molar-refractivity contribution in [1.29, 1.82) is 0 Å².